The van der Waals surface area contributed by atoms with E-state index in [0.717, 1.165) is 19.3 Å². The Hall–Kier alpha value is -3.71. The van der Waals surface area contributed by atoms with Crippen molar-refractivity contribution >= 4 is 28.5 Å². The number of nitrogens with zero attached hydrogens (tertiary/aromatic N) is 1. The summed E-state index contributed by atoms with van der Waals surface area (Å²) in [6.45, 7) is 2.92. The van der Waals surface area contributed by atoms with Gasteiger partial charge < -0.3 is 23.2 Å². The second kappa shape index (κ2) is 10.7. The molecule has 1 amide bonds. The third-order valence-corrected chi connectivity index (χ3v) is 6.83. The number of benzene rings is 2. The topological polar surface area (TPSA) is 82.1 Å². The minimum Gasteiger partial charge on any atom is -0.493 e. The molecule has 0 radical (unpaired) electrons. The third-order valence-electron chi connectivity index (χ3n) is 6.59. The van der Waals surface area contributed by atoms with Crippen LogP contribution < -0.4 is 14.9 Å². The number of fused-ring (bicyclic) bond motifs is 2. The van der Waals surface area contributed by atoms with Crippen LogP contribution in [0.3, 0.4) is 0 Å². The van der Waals surface area contributed by atoms with Crippen molar-refractivity contribution < 1.29 is 23.1 Å². The van der Waals surface area contributed by atoms with Gasteiger partial charge in [0.1, 0.15) is 11.3 Å². The smallest absolute Gasteiger partial charge is 0.291 e. The minimum absolute atomic E-state index is 0.0200. The number of methoxy groups -OCH3 is 1. The molecule has 5 rings (SSSR count). The number of hydrogen-bond acceptors (Lipinski definition) is 6. The van der Waals surface area contributed by atoms with Gasteiger partial charge in [0.25, 0.3) is 5.91 Å². The molecule has 1 aliphatic heterocycles. The summed E-state index contributed by atoms with van der Waals surface area (Å²) in [5.74, 6) is 1.36. The van der Waals surface area contributed by atoms with Gasteiger partial charge in [0.15, 0.2) is 16.9 Å². The maximum atomic E-state index is 13.7. The van der Waals surface area contributed by atoms with E-state index in [-0.39, 0.29) is 29.2 Å². The normalized spacial score (nSPS) is 14.8. The summed E-state index contributed by atoms with van der Waals surface area (Å²) in [5.41, 5.74) is 0.975. The molecule has 2 aromatic carbocycles. The number of furan rings is 1. The Morgan fingerprint density at radius 2 is 1.89 bits per heavy atom. The van der Waals surface area contributed by atoms with Crippen molar-refractivity contribution in [2.45, 2.75) is 45.2 Å². The van der Waals surface area contributed by atoms with E-state index < -0.39 is 6.04 Å². The van der Waals surface area contributed by atoms with E-state index in [0.29, 0.717) is 45.4 Å². The number of carbonyl (C=O) groups excluding carboxylic acids is 1. The standard InChI is InChI=1S/C29H28ClNO6/c1-3-4-5-6-13-36-23-11-9-18(15-24(23)34-2)26-25-27(32)21-16-19(30)10-12-22(21)37-28(25)29(33)31(26)17-20-8-7-14-35-20/h7-12,14-16,26H,3-6,13,17H2,1-2H3. The fourth-order valence-corrected chi connectivity index (χ4v) is 4.93. The molecule has 1 atom stereocenters. The summed E-state index contributed by atoms with van der Waals surface area (Å²) in [5, 5.41) is 0.734. The van der Waals surface area contributed by atoms with Gasteiger partial charge in [-0.05, 0) is 54.4 Å². The number of carbonyl (C=O) groups is 1. The molecule has 0 aliphatic carbocycles. The van der Waals surface area contributed by atoms with E-state index >= 15 is 0 Å². The van der Waals surface area contributed by atoms with E-state index in [1.165, 1.54) is 6.42 Å². The molecule has 192 valence electrons. The van der Waals surface area contributed by atoms with Gasteiger partial charge in [-0.1, -0.05) is 43.9 Å². The number of halogens is 1. The Morgan fingerprint density at radius 3 is 2.65 bits per heavy atom. The first-order valence-electron chi connectivity index (χ1n) is 12.4. The van der Waals surface area contributed by atoms with E-state index in [2.05, 4.69) is 6.92 Å². The summed E-state index contributed by atoms with van der Waals surface area (Å²) >= 11 is 6.17. The molecule has 2 aromatic heterocycles. The first kappa shape index (κ1) is 25.0. The van der Waals surface area contributed by atoms with Crippen LogP contribution in [0.25, 0.3) is 11.0 Å². The number of unbranched alkanes of at least 4 members (excludes halogenated alkanes) is 3. The van der Waals surface area contributed by atoms with Crippen LogP contribution in [0.1, 0.15) is 66.1 Å². The number of hydrogen-bond donors (Lipinski definition) is 0. The summed E-state index contributed by atoms with van der Waals surface area (Å²) in [4.78, 5) is 28.9. The molecular formula is C29H28ClNO6. The molecular weight excluding hydrogens is 494 g/mol. The predicted molar refractivity (Wildman–Crippen MR) is 141 cm³/mol. The summed E-state index contributed by atoms with van der Waals surface area (Å²) in [7, 11) is 1.57. The molecule has 8 heteroatoms. The van der Waals surface area contributed by atoms with Crippen molar-refractivity contribution in [3.8, 4) is 11.5 Å². The molecule has 1 unspecified atom stereocenters. The van der Waals surface area contributed by atoms with Gasteiger partial charge in [0, 0.05) is 5.02 Å². The zero-order chi connectivity index (χ0) is 25.9. The molecule has 7 nitrogen and oxygen atoms in total. The monoisotopic (exact) mass is 521 g/mol. The van der Waals surface area contributed by atoms with Gasteiger partial charge in [-0.3, -0.25) is 9.59 Å². The molecule has 0 saturated heterocycles. The Labute approximate surface area is 219 Å². The number of ether oxygens (including phenoxy) is 2. The van der Waals surface area contributed by atoms with Gasteiger partial charge in [0.2, 0.25) is 5.76 Å². The Kier molecular flexibility index (Phi) is 7.24. The lowest BCUT2D eigenvalue weighted by Crippen LogP contribution is -2.29. The van der Waals surface area contributed by atoms with E-state index in [1.54, 1.807) is 48.6 Å². The van der Waals surface area contributed by atoms with Crippen LogP contribution in [-0.4, -0.2) is 24.5 Å². The Morgan fingerprint density at radius 1 is 1.03 bits per heavy atom. The van der Waals surface area contributed by atoms with E-state index in [1.807, 2.05) is 18.2 Å². The first-order chi connectivity index (χ1) is 18.0. The van der Waals surface area contributed by atoms with Crippen molar-refractivity contribution in [2.24, 2.45) is 0 Å². The van der Waals surface area contributed by atoms with Gasteiger partial charge in [-0.2, -0.15) is 0 Å². The Balaban J connectivity index is 1.58. The van der Waals surface area contributed by atoms with Crippen LogP contribution in [0, 0.1) is 0 Å². The average molecular weight is 522 g/mol. The minimum atomic E-state index is -0.709. The van der Waals surface area contributed by atoms with E-state index in [4.69, 9.17) is 29.9 Å². The first-order valence-corrected chi connectivity index (χ1v) is 12.8. The molecule has 4 aromatic rings. The summed E-state index contributed by atoms with van der Waals surface area (Å²) < 4.78 is 23.1. The van der Waals surface area contributed by atoms with Crippen molar-refractivity contribution in [1.29, 1.82) is 0 Å². The second-order valence-corrected chi connectivity index (χ2v) is 9.49. The molecule has 0 bridgehead atoms. The third kappa shape index (κ3) is 4.83. The zero-order valence-electron chi connectivity index (χ0n) is 20.8. The van der Waals surface area contributed by atoms with Crippen molar-refractivity contribution in [3.63, 3.8) is 0 Å². The number of amides is 1. The maximum Gasteiger partial charge on any atom is 0.291 e. The van der Waals surface area contributed by atoms with Gasteiger partial charge >= 0.3 is 0 Å². The molecule has 37 heavy (non-hydrogen) atoms. The van der Waals surface area contributed by atoms with Gasteiger partial charge in [0.05, 0.1) is 43.5 Å². The highest BCUT2D eigenvalue weighted by atomic mass is 35.5. The Bertz CT molecular complexity index is 1480. The number of rotatable bonds is 10. The highest BCUT2D eigenvalue weighted by molar-refractivity contribution is 6.31. The molecule has 1 aliphatic rings. The van der Waals surface area contributed by atoms with E-state index in [9.17, 15) is 9.59 Å². The van der Waals surface area contributed by atoms with Crippen LogP contribution >= 0.6 is 11.6 Å². The summed E-state index contributed by atoms with van der Waals surface area (Å²) in [6, 6.07) is 13.1. The van der Waals surface area contributed by atoms with Crippen molar-refractivity contribution in [1.82, 2.24) is 4.90 Å². The lowest BCUT2D eigenvalue weighted by atomic mass is 9.98. The van der Waals surface area contributed by atoms with Gasteiger partial charge in [-0.25, -0.2) is 0 Å². The van der Waals surface area contributed by atoms with Crippen molar-refractivity contribution in [2.75, 3.05) is 13.7 Å². The van der Waals surface area contributed by atoms with Crippen LogP contribution in [0.4, 0.5) is 0 Å². The van der Waals surface area contributed by atoms with Crippen LogP contribution in [0.5, 0.6) is 11.5 Å². The zero-order valence-corrected chi connectivity index (χ0v) is 21.5. The fraction of sp³-hybridized carbons (Fsp3) is 0.310. The average Bonchev–Trinajstić information content (AvgIpc) is 3.51. The second-order valence-electron chi connectivity index (χ2n) is 9.05. The molecule has 0 fully saturated rings. The molecule has 0 spiro atoms. The highest BCUT2D eigenvalue weighted by Gasteiger charge is 2.43. The lowest BCUT2D eigenvalue weighted by molar-refractivity contribution is 0.0701. The van der Waals surface area contributed by atoms with Crippen LogP contribution in [0.15, 0.2) is 68.4 Å². The van der Waals surface area contributed by atoms with Crippen LogP contribution in [-0.2, 0) is 6.54 Å². The molecule has 0 saturated carbocycles. The SMILES string of the molecule is CCCCCCOc1ccc(C2c3c(oc4ccc(Cl)cc4c3=O)C(=O)N2Cc2ccco2)cc1OC. The quantitative estimate of drug-likeness (QED) is 0.215. The summed E-state index contributed by atoms with van der Waals surface area (Å²) in [6.07, 6.45) is 5.93. The molecule has 3 heterocycles. The van der Waals surface area contributed by atoms with Crippen LogP contribution in [0.2, 0.25) is 5.02 Å². The highest BCUT2D eigenvalue weighted by Crippen LogP contribution is 2.42. The molecule has 0 N–H and O–H groups in total. The largest absolute Gasteiger partial charge is 0.493 e. The predicted octanol–water partition coefficient (Wildman–Crippen LogP) is 6.75. The van der Waals surface area contributed by atoms with Crippen molar-refractivity contribution in [3.05, 3.63) is 92.7 Å². The lowest BCUT2D eigenvalue weighted by Gasteiger charge is -2.25. The van der Waals surface area contributed by atoms with Gasteiger partial charge in [-0.15, -0.1) is 0 Å². The maximum absolute atomic E-state index is 13.7. The fourth-order valence-electron chi connectivity index (χ4n) is 4.76.